The Labute approximate surface area is 140 Å². The highest BCUT2D eigenvalue weighted by Gasteiger charge is 2.29. The lowest BCUT2D eigenvalue weighted by atomic mass is 10.3. The number of anilines is 1. The smallest absolute Gasteiger partial charge is 0.324 e. The summed E-state index contributed by atoms with van der Waals surface area (Å²) in [4.78, 5) is 15.5. The third-order valence-corrected chi connectivity index (χ3v) is 6.20. The van der Waals surface area contributed by atoms with Crippen LogP contribution >= 0.6 is 23.1 Å². The van der Waals surface area contributed by atoms with Gasteiger partial charge in [-0.05, 0) is 19.1 Å². The summed E-state index contributed by atoms with van der Waals surface area (Å²) < 4.78 is 49.3. The largest absolute Gasteiger partial charge is 0.341 e. The van der Waals surface area contributed by atoms with Crippen molar-refractivity contribution in [2.24, 2.45) is 0 Å². The number of sulfone groups is 1. The minimum atomic E-state index is -4.78. The fourth-order valence-corrected chi connectivity index (χ4v) is 4.16. The maximum absolute atomic E-state index is 12.7. The predicted molar refractivity (Wildman–Crippen MR) is 85.8 cm³/mol. The normalized spacial score (nSPS) is 11.7. The Balaban J connectivity index is 2.09. The summed E-state index contributed by atoms with van der Waals surface area (Å²) in [6.07, 6.45) is 0. The van der Waals surface area contributed by atoms with E-state index in [0.717, 1.165) is 11.8 Å². The first-order valence-electron chi connectivity index (χ1n) is 6.26. The van der Waals surface area contributed by atoms with Crippen LogP contribution in [0.1, 0.15) is 5.69 Å². The molecular weight excluding hydrogens is 366 g/mol. The van der Waals surface area contributed by atoms with Crippen molar-refractivity contribution in [3.05, 3.63) is 35.3 Å². The number of thiazole rings is 1. The van der Waals surface area contributed by atoms with E-state index in [1.165, 1.54) is 41.3 Å². The van der Waals surface area contributed by atoms with E-state index in [1.54, 1.807) is 0 Å². The topological polar surface area (TPSA) is 76.1 Å². The molecule has 1 aromatic carbocycles. The predicted octanol–water partition coefficient (Wildman–Crippen LogP) is 3.18. The van der Waals surface area contributed by atoms with E-state index in [2.05, 4.69) is 10.3 Å². The molecule has 10 heteroatoms. The number of aryl methyl sites for hydroxylation is 1. The molecule has 23 heavy (non-hydrogen) atoms. The van der Waals surface area contributed by atoms with Crippen molar-refractivity contribution in [2.45, 2.75) is 21.9 Å². The van der Waals surface area contributed by atoms with Crippen LogP contribution in [0.4, 0.5) is 14.5 Å². The van der Waals surface area contributed by atoms with Crippen LogP contribution in [0.2, 0.25) is 0 Å². The summed E-state index contributed by atoms with van der Waals surface area (Å²) in [5.74, 6) is -4.05. The second-order valence-electron chi connectivity index (χ2n) is 4.39. The Hall–Kier alpha value is -1.52. The number of carbonyl (C=O) groups is 1. The number of carbonyl (C=O) groups excluding carboxylic acids is 1. The van der Waals surface area contributed by atoms with Crippen LogP contribution in [0.25, 0.3) is 0 Å². The molecule has 124 valence electrons. The van der Waals surface area contributed by atoms with Crippen molar-refractivity contribution in [1.29, 1.82) is 0 Å². The van der Waals surface area contributed by atoms with Gasteiger partial charge in [-0.15, -0.1) is 11.3 Å². The summed E-state index contributed by atoms with van der Waals surface area (Å²) in [5, 5.41) is 4.19. The fourth-order valence-electron chi connectivity index (χ4n) is 1.63. The van der Waals surface area contributed by atoms with Crippen LogP contribution < -0.4 is 5.32 Å². The van der Waals surface area contributed by atoms with Gasteiger partial charge in [0.2, 0.25) is 15.7 Å². The first kappa shape index (κ1) is 17.8. The molecule has 0 fully saturated rings. The van der Waals surface area contributed by atoms with E-state index >= 15 is 0 Å². The number of rotatable bonds is 6. The summed E-state index contributed by atoms with van der Waals surface area (Å²) in [7, 11) is -4.78. The zero-order valence-corrected chi connectivity index (χ0v) is 14.3. The lowest BCUT2D eigenvalue weighted by Crippen LogP contribution is -2.18. The van der Waals surface area contributed by atoms with Gasteiger partial charge in [-0.2, -0.15) is 8.78 Å². The van der Waals surface area contributed by atoms with Gasteiger partial charge in [-0.3, -0.25) is 4.79 Å². The van der Waals surface area contributed by atoms with Crippen molar-refractivity contribution >= 4 is 44.5 Å². The lowest BCUT2D eigenvalue weighted by molar-refractivity contribution is -0.113. The molecule has 5 nitrogen and oxygen atoms in total. The van der Waals surface area contributed by atoms with Gasteiger partial charge in [0.15, 0.2) is 4.34 Å². The van der Waals surface area contributed by atoms with Crippen molar-refractivity contribution < 1.29 is 22.0 Å². The molecule has 1 heterocycles. The van der Waals surface area contributed by atoms with Gasteiger partial charge >= 0.3 is 5.76 Å². The molecule has 1 N–H and O–H groups in total. The van der Waals surface area contributed by atoms with E-state index in [4.69, 9.17) is 0 Å². The van der Waals surface area contributed by atoms with Gasteiger partial charge in [-0.25, -0.2) is 13.4 Å². The minimum absolute atomic E-state index is 0.00395. The van der Waals surface area contributed by atoms with Crippen molar-refractivity contribution in [3.63, 3.8) is 0 Å². The van der Waals surface area contributed by atoms with Crippen LogP contribution in [0.5, 0.6) is 0 Å². The minimum Gasteiger partial charge on any atom is -0.324 e. The van der Waals surface area contributed by atoms with Gasteiger partial charge in [0.05, 0.1) is 16.3 Å². The zero-order chi connectivity index (χ0) is 17.0. The van der Waals surface area contributed by atoms with E-state index in [-0.39, 0.29) is 11.4 Å². The number of amides is 1. The fraction of sp³-hybridized carbons (Fsp3) is 0.231. The number of halogens is 2. The van der Waals surface area contributed by atoms with Crippen molar-refractivity contribution in [2.75, 3.05) is 11.1 Å². The third kappa shape index (κ3) is 4.49. The van der Waals surface area contributed by atoms with E-state index in [0.29, 0.717) is 4.34 Å². The molecule has 0 bridgehead atoms. The first-order valence-corrected chi connectivity index (χ1v) is 9.67. The molecule has 0 spiro atoms. The van der Waals surface area contributed by atoms with Gasteiger partial charge in [0, 0.05) is 11.1 Å². The summed E-state index contributed by atoms with van der Waals surface area (Å²) in [5.41, 5.74) is 0.681. The van der Waals surface area contributed by atoms with Gasteiger partial charge in [0.1, 0.15) is 0 Å². The number of para-hydroxylation sites is 1. The average molecular weight is 378 g/mol. The summed E-state index contributed by atoms with van der Waals surface area (Å²) in [6, 6.07) is 5.08. The number of hydrogen-bond donors (Lipinski definition) is 1. The van der Waals surface area contributed by atoms with E-state index in [1.807, 2.05) is 12.3 Å². The lowest BCUT2D eigenvalue weighted by Gasteiger charge is -2.10. The summed E-state index contributed by atoms with van der Waals surface area (Å²) >= 11 is 2.57. The summed E-state index contributed by atoms with van der Waals surface area (Å²) in [6.45, 7) is 1.83. The highest BCUT2D eigenvalue weighted by Crippen LogP contribution is 2.27. The average Bonchev–Trinajstić information content (AvgIpc) is 2.91. The maximum atomic E-state index is 12.7. The Morgan fingerprint density at radius 2 is 2.09 bits per heavy atom. The zero-order valence-electron chi connectivity index (χ0n) is 11.8. The molecule has 0 aliphatic carbocycles. The first-order chi connectivity index (χ1) is 10.8. The molecule has 0 unspecified atom stereocenters. The standard InChI is InChI=1S/C13H12F2N2O3S3/c1-8-6-21-13(16-8)22-7-11(18)17-9-4-2-3-5-10(9)23(19,20)12(14)15/h2-6,12H,7H2,1H3,(H,17,18). The molecule has 0 aliphatic heterocycles. The molecule has 0 saturated carbocycles. The van der Waals surface area contributed by atoms with Gasteiger partial charge < -0.3 is 5.32 Å². The monoisotopic (exact) mass is 378 g/mol. The molecule has 1 aromatic heterocycles. The van der Waals surface area contributed by atoms with Crippen molar-refractivity contribution in [3.8, 4) is 0 Å². The number of nitrogens with zero attached hydrogens (tertiary/aromatic N) is 1. The molecule has 0 radical (unpaired) electrons. The Bertz CT molecular complexity index is 806. The van der Waals surface area contributed by atoms with Gasteiger partial charge in [-0.1, -0.05) is 23.9 Å². The van der Waals surface area contributed by atoms with Crippen LogP contribution in [-0.4, -0.2) is 30.8 Å². The maximum Gasteiger partial charge on any atom is 0.341 e. The molecule has 2 rings (SSSR count). The molecular formula is C13H12F2N2O3S3. The van der Waals surface area contributed by atoms with Crippen LogP contribution in [0.15, 0.2) is 38.9 Å². The third-order valence-electron chi connectivity index (χ3n) is 2.63. The number of thioether (sulfide) groups is 1. The van der Waals surface area contributed by atoms with E-state index < -0.39 is 26.4 Å². The van der Waals surface area contributed by atoms with Crippen LogP contribution in [0, 0.1) is 6.92 Å². The van der Waals surface area contributed by atoms with Crippen LogP contribution in [0.3, 0.4) is 0 Å². The number of aromatic nitrogens is 1. The number of nitrogens with one attached hydrogen (secondary N) is 1. The molecule has 2 aromatic rings. The second kappa shape index (κ2) is 7.37. The number of alkyl halides is 2. The Morgan fingerprint density at radius 1 is 1.39 bits per heavy atom. The molecule has 0 saturated heterocycles. The SMILES string of the molecule is Cc1csc(SCC(=O)Nc2ccccc2S(=O)(=O)C(F)F)n1. The van der Waals surface area contributed by atoms with Crippen molar-refractivity contribution in [1.82, 2.24) is 4.98 Å². The number of hydrogen-bond acceptors (Lipinski definition) is 6. The molecule has 1 amide bonds. The van der Waals surface area contributed by atoms with E-state index in [9.17, 15) is 22.0 Å². The highest BCUT2D eigenvalue weighted by atomic mass is 32.2. The Morgan fingerprint density at radius 3 is 2.70 bits per heavy atom. The Kier molecular flexibility index (Phi) is 5.71. The molecule has 0 atom stereocenters. The van der Waals surface area contributed by atoms with Gasteiger partial charge in [0.25, 0.3) is 0 Å². The quantitative estimate of drug-likeness (QED) is 0.782. The number of benzene rings is 1. The molecule has 0 aliphatic rings. The highest BCUT2D eigenvalue weighted by molar-refractivity contribution is 8.01. The second-order valence-corrected chi connectivity index (χ2v) is 8.36. The van der Waals surface area contributed by atoms with Crippen LogP contribution in [-0.2, 0) is 14.6 Å².